The van der Waals surface area contributed by atoms with Crippen LogP contribution in [0.1, 0.15) is 45.4 Å². The molecule has 0 atom stereocenters. The van der Waals surface area contributed by atoms with Crippen molar-refractivity contribution < 1.29 is 17.9 Å². The van der Waals surface area contributed by atoms with Crippen LogP contribution >= 0.6 is 0 Å². The number of hydrogen-bond donors (Lipinski definition) is 1. The molecule has 1 amide bonds. The summed E-state index contributed by atoms with van der Waals surface area (Å²) in [5.74, 6) is 2.44. The third-order valence-corrected chi connectivity index (χ3v) is 9.76. The number of carbonyl (C=O) groups excluding carboxylic acids is 1. The molecule has 4 aliphatic carbocycles. The van der Waals surface area contributed by atoms with Crippen LogP contribution in [0.3, 0.4) is 0 Å². The fourth-order valence-corrected chi connectivity index (χ4v) is 8.30. The Morgan fingerprint density at radius 2 is 1.64 bits per heavy atom. The summed E-state index contributed by atoms with van der Waals surface area (Å²) < 4.78 is 33.8. The summed E-state index contributed by atoms with van der Waals surface area (Å²) in [6, 6.07) is 13.8. The van der Waals surface area contributed by atoms with Crippen LogP contribution in [0.15, 0.2) is 53.4 Å². The summed E-state index contributed by atoms with van der Waals surface area (Å²) in [6.07, 6.45) is 6.62. The molecule has 0 heterocycles. The molecule has 2 aromatic rings. The van der Waals surface area contributed by atoms with Crippen LogP contribution in [0, 0.1) is 23.2 Å². The maximum atomic E-state index is 13.6. The van der Waals surface area contributed by atoms with Crippen LogP contribution in [0.2, 0.25) is 0 Å². The molecule has 0 aromatic heterocycles. The van der Waals surface area contributed by atoms with Gasteiger partial charge in [0.05, 0.1) is 28.8 Å². The Labute approximate surface area is 196 Å². The van der Waals surface area contributed by atoms with Crippen LogP contribution < -0.4 is 14.4 Å². The second-order valence-corrected chi connectivity index (χ2v) is 11.9. The fourth-order valence-electron chi connectivity index (χ4n) is 6.80. The van der Waals surface area contributed by atoms with Crippen LogP contribution in [0.4, 0.5) is 11.4 Å². The summed E-state index contributed by atoms with van der Waals surface area (Å²) in [5, 5.41) is 3.08. The van der Waals surface area contributed by atoms with Gasteiger partial charge >= 0.3 is 0 Å². The highest BCUT2D eigenvalue weighted by molar-refractivity contribution is 7.92. The third kappa shape index (κ3) is 3.90. The number of hydrogen-bond acceptors (Lipinski definition) is 4. The smallest absolute Gasteiger partial charge is 0.264 e. The molecule has 7 heteroatoms. The van der Waals surface area contributed by atoms with Crippen molar-refractivity contribution in [3.8, 4) is 5.75 Å². The summed E-state index contributed by atoms with van der Waals surface area (Å²) in [7, 11) is -2.27. The van der Waals surface area contributed by atoms with Gasteiger partial charge < -0.3 is 10.1 Å². The number of nitrogens with one attached hydrogen (secondary N) is 1. The molecule has 6 rings (SSSR count). The van der Waals surface area contributed by atoms with Gasteiger partial charge in [-0.1, -0.05) is 18.2 Å². The first kappa shape index (κ1) is 22.3. The van der Waals surface area contributed by atoms with Crippen molar-refractivity contribution >= 4 is 27.3 Å². The minimum absolute atomic E-state index is 0.0184. The Kier molecular flexibility index (Phi) is 5.63. The maximum Gasteiger partial charge on any atom is 0.264 e. The van der Waals surface area contributed by atoms with E-state index in [1.807, 2.05) is 25.1 Å². The Hall–Kier alpha value is -2.54. The number of rotatable bonds is 7. The first-order valence-electron chi connectivity index (χ1n) is 11.9. The minimum Gasteiger partial charge on any atom is -0.495 e. The molecular formula is C26H32N2O4S. The summed E-state index contributed by atoms with van der Waals surface area (Å²) in [5.41, 5.74) is 0.701. The number of amides is 1. The van der Waals surface area contributed by atoms with E-state index in [9.17, 15) is 13.2 Å². The van der Waals surface area contributed by atoms with Crippen molar-refractivity contribution in [1.82, 2.24) is 0 Å². The lowest BCUT2D eigenvalue weighted by Crippen LogP contribution is -2.51. The quantitative estimate of drug-likeness (QED) is 0.616. The van der Waals surface area contributed by atoms with E-state index in [4.69, 9.17) is 4.74 Å². The second-order valence-electron chi connectivity index (χ2n) is 10.0. The Balaban J connectivity index is 1.45. The van der Waals surface area contributed by atoms with E-state index in [0.717, 1.165) is 19.3 Å². The normalized spacial score (nSPS) is 27.9. The predicted octanol–water partition coefficient (Wildman–Crippen LogP) is 5.07. The summed E-state index contributed by atoms with van der Waals surface area (Å²) in [4.78, 5) is 13.7. The van der Waals surface area contributed by atoms with Gasteiger partial charge in [-0.05, 0) is 93.5 Å². The van der Waals surface area contributed by atoms with Gasteiger partial charge in [-0.25, -0.2) is 8.42 Å². The number of ether oxygens (including phenoxy) is 1. The Bertz CT molecular complexity index is 1110. The van der Waals surface area contributed by atoms with E-state index >= 15 is 0 Å². The molecule has 4 bridgehead atoms. The SMILES string of the molecule is CCN(c1ccccc1)S(=O)(=O)c1ccc(OC)c(NC(=O)C23CC4CC(CC(C4)C2)C3)c1. The van der Waals surface area contributed by atoms with Crippen molar-refractivity contribution in [2.45, 2.75) is 50.3 Å². The molecular weight excluding hydrogens is 436 g/mol. The van der Waals surface area contributed by atoms with Crippen molar-refractivity contribution in [3.05, 3.63) is 48.5 Å². The zero-order chi connectivity index (χ0) is 23.2. The molecule has 4 aliphatic rings. The average molecular weight is 469 g/mol. The summed E-state index contributed by atoms with van der Waals surface area (Å²) >= 11 is 0. The van der Waals surface area contributed by atoms with Crippen molar-refractivity contribution in [2.75, 3.05) is 23.3 Å². The van der Waals surface area contributed by atoms with Gasteiger partial charge in [0, 0.05) is 6.54 Å². The molecule has 1 N–H and O–H groups in total. The van der Waals surface area contributed by atoms with Gasteiger partial charge in [0.2, 0.25) is 5.91 Å². The lowest BCUT2D eigenvalue weighted by atomic mass is 9.49. The first-order valence-corrected chi connectivity index (χ1v) is 13.4. The molecule has 33 heavy (non-hydrogen) atoms. The van der Waals surface area contributed by atoms with E-state index in [1.54, 1.807) is 24.3 Å². The average Bonchev–Trinajstić information content (AvgIpc) is 2.79. The van der Waals surface area contributed by atoms with Gasteiger partial charge in [-0.15, -0.1) is 0 Å². The topological polar surface area (TPSA) is 75.7 Å². The molecule has 4 saturated carbocycles. The Morgan fingerprint density at radius 1 is 1.03 bits per heavy atom. The van der Waals surface area contributed by atoms with Crippen LogP contribution in [-0.4, -0.2) is 28.0 Å². The molecule has 0 radical (unpaired) electrons. The number of anilines is 2. The molecule has 4 fully saturated rings. The number of benzene rings is 2. The van der Waals surface area contributed by atoms with E-state index in [1.165, 1.54) is 36.7 Å². The second kappa shape index (κ2) is 8.35. The van der Waals surface area contributed by atoms with E-state index in [-0.39, 0.29) is 16.2 Å². The van der Waals surface area contributed by atoms with E-state index in [0.29, 0.717) is 41.4 Å². The largest absolute Gasteiger partial charge is 0.495 e. The zero-order valence-corrected chi connectivity index (χ0v) is 20.1. The molecule has 6 nitrogen and oxygen atoms in total. The van der Waals surface area contributed by atoms with E-state index in [2.05, 4.69) is 5.32 Å². The molecule has 176 valence electrons. The molecule has 0 spiro atoms. The van der Waals surface area contributed by atoms with Crippen molar-refractivity contribution in [3.63, 3.8) is 0 Å². The van der Waals surface area contributed by atoms with Gasteiger partial charge in [0.1, 0.15) is 5.75 Å². The highest BCUT2D eigenvalue weighted by atomic mass is 32.2. The molecule has 0 aliphatic heterocycles. The number of sulfonamides is 1. The standard InChI is InChI=1S/C26H32N2O4S/c1-3-28(21-7-5-4-6-8-21)33(30,31)22-9-10-24(32-2)23(14-22)27-25(29)26-15-18-11-19(16-26)13-20(12-18)17-26/h4-10,14,18-20H,3,11-13,15-17H2,1-2H3,(H,27,29). The predicted molar refractivity (Wildman–Crippen MR) is 129 cm³/mol. The van der Waals surface area contributed by atoms with Crippen molar-refractivity contribution in [1.29, 1.82) is 0 Å². The summed E-state index contributed by atoms with van der Waals surface area (Å²) in [6.45, 7) is 2.11. The van der Waals surface area contributed by atoms with Crippen LogP contribution in [-0.2, 0) is 14.8 Å². The molecule has 2 aromatic carbocycles. The number of nitrogens with zero attached hydrogens (tertiary/aromatic N) is 1. The monoisotopic (exact) mass is 468 g/mol. The highest BCUT2D eigenvalue weighted by Gasteiger charge is 2.54. The maximum absolute atomic E-state index is 13.6. The van der Waals surface area contributed by atoms with Crippen LogP contribution in [0.5, 0.6) is 5.75 Å². The number of carbonyl (C=O) groups is 1. The van der Waals surface area contributed by atoms with E-state index < -0.39 is 10.0 Å². The van der Waals surface area contributed by atoms with Gasteiger partial charge in [0.15, 0.2) is 0 Å². The van der Waals surface area contributed by atoms with Gasteiger partial charge in [-0.2, -0.15) is 0 Å². The number of para-hydroxylation sites is 1. The lowest BCUT2D eigenvalue weighted by molar-refractivity contribution is -0.140. The highest BCUT2D eigenvalue weighted by Crippen LogP contribution is 2.60. The zero-order valence-electron chi connectivity index (χ0n) is 19.3. The fraction of sp³-hybridized carbons (Fsp3) is 0.500. The Morgan fingerprint density at radius 3 is 2.18 bits per heavy atom. The van der Waals surface area contributed by atoms with Gasteiger partial charge in [0.25, 0.3) is 10.0 Å². The van der Waals surface area contributed by atoms with Crippen LogP contribution in [0.25, 0.3) is 0 Å². The number of methoxy groups -OCH3 is 1. The molecule has 0 saturated heterocycles. The molecule has 0 unspecified atom stereocenters. The van der Waals surface area contributed by atoms with Crippen molar-refractivity contribution in [2.24, 2.45) is 23.2 Å². The third-order valence-electron chi connectivity index (χ3n) is 7.86. The minimum atomic E-state index is -3.81. The van der Waals surface area contributed by atoms with Gasteiger partial charge in [-0.3, -0.25) is 9.10 Å². The lowest BCUT2D eigenvalue weighted by Gasteiger charge is -2.55. The first-order chi connectivity index (χ1) is 15.8.